The Balaban J connectivity index is 1.20. The van der Waals surface area contributed by atoms with Gasteiger partial charge in [-0.1, -0.05) is 0 Å². The Bertz CT molecular complexity index is 672. The highest BCUT2D eigenvalue weighted by molar-refractivity contribution is 5.68. The lowest BCUT2D eigenvalue weighted by molar-refractivity contribution is 0.0101. The van der Waals surface area contributed by atoms with Crippen molar-refractivity contribution in [2.45, 2.75) is 97.8 Å². The summed E-state index contributed by atoms with van der Waals surface area (Å²) in [6.45, 7) is 23.5. The van der Waals surface area contributed by atoms with Gasteiger partial charge in [0.25, 0.3) is 0 Å². The molecule has 4 heterocycles. The zero-order chi connectivity index (χ0) is 23.9. The summed E-state index contributed by atoms with van der Waals surface area (Å²) in [4.78, 5) is 22.5. The fourth-order valence-electron chi connectivity index (χ4n) is 6.76. The van der Waals surface area contributed by atoms with Crippen molar-refractivity contribution in [3.63, 3.8) is 0 Å². The second kappa shape index (κ2) is 9.66. The molecule has 190 valence electrons. The van der Waals surface area contributed by atoms with Crippen LogP contribution in [0.2, 0.25) is 0 Å². The molecule has 0 N–H and O–H groups in total. The van der Waals surface area contributed by atoms with E-state index < -0.39 is 5.60 Å². The summed E-state index contributed by atoms with van der Waals surface area (Å²) in [5.41, 5.74) is 0.595. The van der Waals surface area contributed by atoms with E-state index in [1.165, 1.54) is 71.5 Å². The molecule has 33 heavy (non-hydrogen) atoms. The summed E-state index contributed by atoms with van der Waals surface area (Å²) < 4.78 is 5.59. The van der Waals surface area contributed by atoms with Crippen molar-refractivity contribution in [3.8, 4) is 0 Å². The van der Waals surface area contributed by atoms with Crippen LogP contribution in [0.25, 0.3) is 0 Å². The van der Waals surface area contributed by atoms with E-state index in [4.69, 9.17) is 4.74 Å². The van der Waals surface area contributed by atoms with Crippen molar-refractivity contribution in [1.82, 2.24) is 19.6 Å². The Morgan fingerprint density at radius 3 is 1.79 bits per heavy atom. The first-order valence-corrected chi connectivity index (χ1v) is 13.7. The maximum Gasteiger partial charge on any atom is 0.410 e. The lowest BCUT2D eigenvalue weighted by atomic mass is 9.77. The van der Waals surface area contributed by atoms with E-state index in [0.29, 0.717) is 22.9 Å². The third-order valence-electron chi connectivity index (χ3n) is 9.20. The van der Waals surface area contributed by atoms with Crippen LogP contribution >= 0.6 is 0 Å². The van der Waals surface area contributed by atoms with E-state index in [1.54, 1.807) is 0 Å². The molecule has 0 saturated carbocycles. The first-order valence-electron chi connectivity index (χ1n) is 13.7. The Labute approximate surface area is 203 Å². The fraction of sp³-hybridized carbons (Fsp3) is 0.963. The van der Waals surface area contributed by atoms with Gasteiger partial charge in [-0.15, -0.1) is 0 Å². The van der Waals surface area contributed by atoms with Crippen LogP contribution in [0.5, 0.6) is 0 Å². The predicted octanol–water partition coefficient (Wildman–Crippen LogP) is 4.29. The van der Waals surface area contributed by atoms with Crippen molar-refractivity contribution in [2.24, 2.45) is 10.8 Å². The number of rotatable bonds is 4. The van der Waals surface area contributed by atoms with Gasteiger partial charge in [-0.25, -0.2) is 4.79 Å². The molecule has 4 aliphatic rings. The summed E-state index contributed by atoms with van der Waals surface area (Å²) in [6.07, 6.45) is 7.56. The molecule has 0 bridgehead atoms. The van der Waals surface area contributed by atoms with Crippen LogP contribution in [0, 0.1) is 10.8 Å². The van der Waals surface area contributed by atoms with Crippen molar-refractivity contribution >= 4 is 6.09 Å². The lowest BCUT2D eigenvalue weighted by Crippen LogP contribution is -2.49. The third kappa shape index (κ3) is 6.05. The Kier molecular flexibility index (Phi) is 7.39. The highest BCUT2D eigenvalue weighted by Gasteiger charge is 2.44. The number of hydrogen-bond donors (Lipinski definition) is 0. The van der Waals surface area contributed by atoms with Gasteiger partial charge in [-0.05, 0) is 117 Å². The van der Waals surface area contributed by atoms with Crippen LogP contribution in [0.3, 0.4) is 0 Å². The van der Waals surface area contributed by atoms with Crippen LogP contribution in [0.4, 0.5) is 4.79 Å². The molecule has 0 radical (unpaired) electrons. The Hall–Kier alpha value is -0.850. The number of carbonyl (C=O) groups is 1. The zero-order valence-electron chi connectivity index (χ0n) is 22.4. The molecule has 0 aromatic carbocycles. The topological polar surface area (TPSA) is 39.3 Å². The average molecular weight is 463 g/mol. The van der Waals surface area contributed by atoms with Crippen molar-refractivity contribution in [1.29, 1.82) is 0 Å². The lowest BCUT2D eigenvalue weighted by Gasteiger charge is -2.42. The SMILES string of the molecule is CC(C)N1CCC2(CCN(CC(C)N3CCC4(CCN(C(=O)OC(C)(C)C)CC4)C3)CC2)C1. The van der Waals surface area contributed by atoms with Crippen molar-refractivity contribution in [3.05, 3.63) is 0 Å². The standard InChI is InChI=1S/C27H50N4O2/c1-22(2)30-17-11-26(20-30)7-13-28(14-8-26)19-23(3)31-18-12-27(21-31)9-15-29(16-10-27)24(32)33-25(4,5)6/h22-23H,7-21H2,1-6H3. The first kappa shape index (κ1) is 25.2. The predicted molar refractivity (Wildman–Crippen MR) is 135 cm³/mol. The van der Waals surface area contributed by atoms with Crippen LogP contribution in [-0.2, 0) is 4.74 Å². The molecule has 6 nitrogen and oxygen atoms in total. The normalized spacial score (nSPS) is 27.7. The minimum Gasteiger partial charge on any atom is -0.444 e. The number of nitrogens with zero attached hydrogens (tertiary/aromatic N) is 4. The number of ether oxygens (including phenoxy) is 1. The summed E-state index contributed by atoms with van der Waals surface area (Å²) >= 11 is 0. The molecule has 1 atom stereocenters. The molecular formula is C27H50N4O2. The number of hydrogen-bond acceptors (Lipinski definition) is 5. The molecule has 4 fully saturated rings. The maximum atomic E-state index is 12.4. The molecular weight excluding hydrogens is 412 g/mol. The first-order chi connectivity index (χ1) is 15.5. The monoisotopic (exact) mass is 462 g/mol. The van der Waals surface area contributed by atoms with E-state index in [0.717, 1.165) is 25.9 Å². The highest BCUT2D eigenvalue weighted by atomic mass is 16.6. The molecule has 0 aliphatic carbocycles. The van der Waals surface area contributed by atoms with Gasteiger partial charge < -0.3 is 19.4 Å². The van der Waals surface area contributed by atoms with Gasteiger partial charge in [0.1, 0.15) is 5.60 Å². The average Bonchev–Trinajstić information content (AvgIpc) is 3.35. The van der Waals surface area contributed by atoms with Gasteiger partial charge in [0.05, 0.1) is 0 Å². The van der Waals surface area contributed by atoms with E-state index in [1.807, 2.05) is 25.7 Å². The summed E-state index contributed by atoms with van der Waals surface area (Å²) in [7, 11) is 0. The summed E-state index contributed by atoms with van der Waals surface area (Å²) in [5.74, 6) is 0. The van der Waals surface area contributed by atoms with Crippen LogP contribution in [0.1, 0.15) is 80.1 Å². The molecule has 4 saturated heterocycles. The van der Waals surface area contributed by atoms with Gasteiger partial charge in [-0.3, -0.25) is 4.90 Å². The number of likely N-dealkylation sites (tertiary alicyclic amines) is 4. The molecule has 6 heteroatoms. The number of amides is 1. The Morgan fingerprint density at radius 2 is 1.27 bits per heavy atom. The molecule has 1 unspecified atom stereocenters. The highest BCUT2D eigenvalue weighted by Crippen LogP contribution is 2.43. The fourth-order valence-corrected chi connectivity index (χ4v) is 6.76. The number of carbonyl (C=O) groups excluding carboxylic acids is 1. The molecule has 4 rings (SSSR count). The van der Waals surface area contributed by atoms with E-state index in [9.17, 15) is 4.79 Å². The van der Waals surface area contributed by atoms with Crippen LogP contribution < -0.4 is 0 Å². The smallest absolute Gasteiger partial charge is 0.410 e. The van der Waals surface area contributed by atoms with Crippen molar-refractivity contribution < 1.29 is 9.53 Å². The molecule has 0 aromatic heterocycles. The second-order valence-electron chi connectivity index (χ2n) is 13.2. The van der Waals surface area contributed by atoms with E-state index >= 15 is 0 Å². The summed E-state index contributed by atoms with van der Waals surface area (Å²) in [5, 5.41) is 0. The van der Waals surface area contributed by atoms with Gasteiger partial charge in [-0.2, -0.15) is 0 Å². The van der Waals surface area contributed by atoms with Crippen LogP contribution in [0.15, 0.2) is 0 Å². The minimum atomic E-state index is -0.411. The van der Waals surface area contributed by atoms with Gasteiger partial charge >= 0.3 is 6.09 Å². The van der Waals surface area contributed by atoms with E-state index in [2.05, 4.69) is 35.5 Å². The molecule has 1 amide bonds. The summed E-state index contributed by atoms with van der Waals surface area (Å²) in [6, 6.07) is 1.32. The van der Waals surface area contributed by atoms with Gasteiger partial charge in [0.15, 0.2) is 0 Å². The second-order valence-corrected chi connectivity index (χ2v) is 13.2. The van der Waals surface area contributed by atoms with Gasteiger partial charge in [0.2, 0.25) is 0 Å². The third-order valence-corrected chi connectivity index (χ3v) is 9.20. The van der Waals surface area contributed by atoms with Crippen LogP contribution in [-0.4, -0.2) is 102 Å². The quantitative estimate of drug-likeness (QED) is 0.623. The van der Waals surface area contributed by atoms with Crippen molar-refractivity contribution in [2.75, 3.05) is 58.9 Å². The molecule has 4 aliphatic heterocycles. The molecule has 0 aromatic rings. The Morgan fingerprint density at radius 1 is 0.788 bits per heavy atom. The van der Waals surface area contributed by atoms with Gasteiger partial charge in [0, 0.05) is 44.8 Å². The molecule has 2 spiro atoms. The minimum absolute atomic E-state index is 0.137. The zero-order valence-corrected chi connectivity index (χ0v) is 22.4. The largest absolute Gasteiger partial charge is 0.444 e. The number of piperidine rings is 2. The van der Waals surface area contributed by atoms with E-state index in [-0.39, 0.29) is 6.09 Å². The maximum absolute atomic E-state index is 12.4.